The van der Waals surface area contributed by atoms with Gasteiger partial charge < -0.3 is 10.2 Å². The molecule has 1 saturated carbocycles. The van der Waals surface area contributed by atoms with Crippen molar-refractivity contribution in [3.05, 3.63) is 48.2 Å². The highest BCUT2D eigenvalue weighted by atomic mass is 16.2. The number of hydrogen-bond acceptors (Lipinski definition) is 4. The van der Waals surface area contributed by atoms with E-state index in [0.29, 0.717) is 18.4 Å². The first-order valence-electron chi connectivity index (χ1n) is 9.22. The Morgan fingerprint density at radius 1 is 1.04 bits per heavy atom. The van der Waals surface area contributed by atoms with Crippen LogP contribution in [0.3, 0.4) is 0 Å². The smallest absolute Gasteiger partial charge is 0.227 e. The van der Waals surface area contributed by atoms with Crippen molar-refractivity contribution in [2.45, 2.75) is 44.6 Å². The van der Waals surface area contributed by atoms with Crippen LogP contribution in [0.5, 0.6) is 0 Å². The number of rotatable bonds is 5. The fourth-order valence-electron chi connectivity index (χ4n) is 3.90. The molecule has 4 rings (SSSR count). The van der Waals surface area contributed by atoms with Crippen LogP contribution in [0, 0.1) is 5.92 Å². The number of carbonyl (C=O) groups is 1. The van der Waals surface area contributed by atoms with Gasteiger partial charge in [0, 0.05) is 24.7 Å². The number of amides is 1. The summed E-state index contributed by atoms with van der Waals surface area (Å²) in [6.07, 6.45) is 6.43. The number of hydrogen-bond donors (Lipinski definition) is 1. The van der Waals surface area contributed by atoms with Gasteiger partial charge in [0.05, 0.1) is 5.69 Å². The molecule has 5 heteroatoms. The van der Waals surface area contributed by atoms with Gasteiger partial charge in [-0.2, -0.15) is 5.10 Å². The van der Waals surface area contributed by atoms with E-state index in [-0.39, 0.29) is 5.91 Å². The molecule has 1 atom stereocenters. The van der Waals surface area contributed by atoms with Gasteiger partial charge in [0.15, 0.2) is 0 Å². The van der Waals surface area contributed by atoms with Gasteiger partial charge in [0.1, 0.15) is 5.82 Å². The van der Waals surface area contributed by atoms with Crippen molar-refractivity contribution in [3.8, 4) is 0 Å². The lowest BCUT2D eigenvalue weighted by atomic mass is 10.0. The molecule has 2 fully saturated rings. The third kappa shape index (κ3) is 3.81. The second-order valence-corrected chi connectivity index (χ2v) is 7.15. The zero-order chi connectivity index (χ0) is 17.1. The fraction of sp³-hybridized carbons (Fsp3) is 0.450. The average molecular weight is 336 g/mol. The van der Waals surface area contributed by atoms with Gasteiger partial charge in [0.25, 0.3) is 0 Å². The molecule has 1 aromatic heterocycles. The number of para-hydroxylation sites is 1. The lowest BCUT2D eigenvalue weighted by molar-refractivity contribution is -0.117. The summed E-state index contributed by atoms with van der Waals surface area (Å²) >= 11 is 0. The van der Waals surface area contributed by atoms with E-state index in [1.807, 2.05) is 47.4 Å². The Hall–Kier alpha value is -2.43. The zero-order valence-corrected chi connectivity index (χ0v) is 14.4. The van der Waals surface area contributed by atoms with Gasteiger partial charge in [-0.05, 0) is 49.4 Å². The molecule has 2 heterocycles. The second kappa shape index (κ2) is 7.21. The summed E-state index contributed by atoms with van der Waals surface area (Å²) in [6.45, 7) is 0.757. The van der Waals surface area contributed by atoms with Crippen LogP contribution in [0.15, 0.2) is 42.5 Å². The molecule has 1 aliphatic carbocycles. The molecule has 0 radical (unpaired) electrons. The minimum Gasteiger partial charge on any atom is -0.366 e. The summed E-state index contributed by atoms with van der Waals surface area (Å²) in [5.74, 6) is 1.36. The van der Waals surface area contributed by atoms with E-state index in [1.54, 1.807) is 0 Å². The number of carbonyl (C=O) groups excluding carboxylic acids is 1. The molecule has 1 aliphatic heterocycles. The van der Waals surface area contributed by atoms with E-state index in [1.165, 1.54) is 25.7 Å². The van der Waals surface area contributed by atoms with E-state index in [9.17, 15) is 4.79 Å². The van der Waals surface area contributed by atoms with Gasteiger partial charge in [-0.3, -0.25) is 4.79 Å². The summed E-state index contributed by atoms with van der Waals surface area (Å²) < 4.78 is 0. The van der Waals surface area contributed by atoms with Crippen molar-refractivity contribution < 1.29 is 4.79 Å². The molecule has 0 bridgehead atoms. The molecule has 0 unspecified atom stereocenters. The normalized spacial score (nSPS) is 21.0. The maximum absolute atomic E-state index is 12.3. The fourth-order valence-corrected chi connectivity index (χ4v) is 3.90. The lowest BCUT2D eigenvalue weighted by Crippen LogP contribution is -2.24. The Morgan fingerprint density at radius 3 is 2.56 bits per heavy atom. The van der Waals surface area contributed by atoms with Crippen LogP contribution in [0.25, 0.3) is 0 Å². The average Bonchev–Trinajstić information content (AvgIpc) is 3.27. The zero-order valence-electron chi connectivity index (χ0n) is 14.4. The van der Waals surface area contributed by atoms with E-state index in [0.717, 1.165) is 30.2 Å². The van der Waals surface area contributed by atoms with E-state index >= 15 is 0 Å². The minimum atomic E-state index is 0.198. The van der Waals surface area contributed by atoms with Crippen molar-refractivity contribution in [1.82, 2.24) is 10.2 Å². The summed E-state index contributed by atoms with van der Waals surface area (Å²) in [6, 6.07) is 14.5. The SMILES string of the molecule is O=C1C[C@H](Cc2ccc(NC3CCCC3)nn2)CN1c1ccccc1. The summed E-state index contributed by atoms with van der Waals surface area (Å²) in [5, 5.41) is 12.1. The third-order valence-electron chi connectivity index (χ3n) is 5.20. The Bertz CT molecular complexity index is 710. The predicted octanol–water partition coefficient (Wildman–Crippen LogP) is 3.43. The highest BCUT2D eigenvalue weighted by Gasteiger charge is 2.30. The minimum absolute atomic E-state index is 0.198. The van der Waals surface area contributed by atoms with E-state index < -0.39 is 0 Å². The van der Waals surface area contributed by atoms with Gasteiger partial charge in [0.2, 0.25) is 5.91 Å². The topological polar surface area (TPSA) is 58.1 Å². The highest BCUT2D eigenvalue weighted by molar-refractivity contribution is 5.95. The molecule has 130 valence electrons. The monoisotopic (exact) mass is 336 g/mol. The maximum atomic E-state index is 12.3. The quantitative estimate of drug-likeness (QED) is 0.909. The number of aromatic nitrogens is 2. The van der Waals surface area contributed by atoms with Crippen LogP contribution in [0.4, 0.5) is 11.5 Å². The first-order valence-corrected chi connectivity index (χ1v) is 9.22. The summed E-state index contributed by atoms with van der Waals surface area (Å²) in [5.41, 5.74) is 1.95. The Labute approximate surface area is 148 Å². The molecular formula is C20H24N4O. The Morgan fingerprint density at radius 2 is 1.84 bits per heavy atom. The van der Waals surface area contributed by atoms with Gasteiger partial charge in [-0.15, -0.1) is 5.10 Å². The van der Waals surface area contributed by atoms with Crippen molar-refractivity contribution in [2.75, 3.05) is 16.8 Å². The third-order valence-corrected chi connectivity index (χ3v) is 5.20. The van der Waals surface area contributed by atoms with Crippen LogP contribution >= 0.6 is 0 Å². The molecular weight excluding hydrogens is 312 g/mol. The standard InChI is InChI=1S/C20H24N4O/c25-20-13-15(14-24(20)18-8-2-1-3-9-18)12-17-10-11-19(23-22-17)21-16-6-4-5-7-16/h1-3,8-11,15-16H,4-7,12-14H2,(H,21,23)/t15-/m0/s1. The van der Waals surface area contributed by atoms with Gasteiger partial charge in [-0.1, -0.05) is 31.0 Å². The van der Waals surface area contributed by atoms with Crippen LogP contribution in [-0.4, -0.2) is 28.7 Å². The first kappa shape index (κ1) is 16.1. The van der Waals surface area contributed by atoms with Crippen LogP contribution in [0.1, 0.15) is 37.8 Å². The number of nitrogens with zero attached hydrogens (tertiary/aromatic N) is 3. The first-order chi connectivity index (χ1) is 12.3. The lowest BCUT2D eigenvalue weighted by Gasteiger charge is -2.16. The Kier molecular flexibility index (Phi) is 4.63. The van der Waals surface area contributed by atoms with E-state index in [2.05, 4.69) is 15.5 Å². The van der Waals surface area contributed by atoms with Crippen molar-refractivity contribution in [3.63, 3.8) is 0 Å². The van der Waals surface area contributed by atoms with Crippen LogP contribution in [0.2, 0.25) is 0 Å². The molecule has 1 aromatic carbocycles. The summed E-state index contributed by atoms with van der Waals surface area (Å²) in [4.78, 5) is 14.2. The number of anilines is 2. The van der Waals surface area contributed by atoms with Crippen molar-refractivity contribution in [1.29, 1.82) is 0 Å². The largest absolute Gasteiger partial charge is 0.366 e. The molecule has 25 heavy (non-hydrogen) atoms. The van der Waals surface area contributed by atoms with Crippen molar-refractivity contribution >= 4 is 17.4 Å². The summed E-state index contributed by atoms with van der Waals surface area (Å²) in [7, 11) is 0. The molecule has 2 aromatic rings. The Balaban J connectivity index is 1.35. The molecule has 2 aliphatic rings. The van der Waals surface area contributed by atoms with Gasteiger partial charge in [-0.25, -0.2) is 0 Å². The molecule has 0 spiro atoms. The molecule has 1 saturated heterocycles. The number of benzene rings is 1. The van der Waals surface area contributed by atoms with E-state index in [4.69, 9.17) is 0 Å². The molecule has 1 amide bonds. The van der Waals surface area contributed by atoms with Crippen LogP contribution < -0.4 is 10.2 Å². The van der Waals surface area contributed by atoms with Gasteiger partial charge >= 0.3 is 0 Å². The van der Waals surface area contributed by atoms with Crippen molar-refractivity contribution in [2.24, 2.45) is 5.92 Å². The predicted molar refractivity (Wildman–Crippen MR) is 98.5 cm³/mol. The molecule has 5 nitrogen and oxygen atoms in total. The maximum Gasteiger partial charge on any atom is 0.227 e. The molecule has 1 N–H and O–H groups in total. The van der Waals surface area contributed by atoms with Crippen LogP contribution in [-0.2, 0) is 11.2 Å². The highest BCUT2D eigenvalue weighted by Crippen LogP contribution is 2.27. The second-order valence-electron chi connectivity index (χ2n) is 7.15. The number of nitrogens with one attached hydrogen (secondary N) is 1.